The Hall–Kier alpha value is -1.76. The summed E-state index contributed by atoms with van der Waals surface area (Å²) >= 11 is 0. The molecular weight excluding hydrogens is 200 g/mol. The second-order valence-corrected chi connectivity index (χ2v) is 3.21. The van der Waals surface area contributed by atoms with Crippen LogP contribution in [0.5, 0.6) is 0 Å². The molecule has 0 fully saturated rings. The molecule has 2 nitrogen and oxygen atoms in total. The molecule has 0 spiro atoms. The lowest BCUT2D eigenvalue weighted by atomic mass is 9.97. The Bertz CT molecular complexity index is 447. The summed E-state index contributed by atoms with van der Waals surface area (Å²) in [6, 6.07) is 4.21. The average molecular weight is 209 g/mol. The molecule has 0 amide bonds. The van der Waals surface area contributed by atoms with Gasteiger partial charge in [0.25, 0.3) is 6.43 Å². The molecule has 0 aromatic heterocycles. The normalized spacial score (nSPS) is 10.1. The van der Waals surface area contributed by atoms with Gasteiger partial charge in [-0.3, -0.25) is 4.79 Å². The van der Waals surface area contributed by atoms with Crippen molar-refractivity contribution in [2.75, 3.05) is 0 Å². The largest absolute Gasteiger partial charge is 0.295 e. The molecule has 0 aliphatic rings. The van der Waals surface area contributed by atoms with E-state index in [2.05, 4.69) is 0 Å². The number of hydrogen-bond acceptors (Lipinski definition) is 2. The van der Waals surface area contributed by atoms with Crippen LogP contribution < -0.4 is 0 Å². The number of nitriles is 1. The molecule has 1 aromatic carbocycles. The number of benzene rings is 1. The number of hydrogen-bond donors (Lipinski definition) is 0. The topological polar surface area (TPSA) is 40.9 Å². The summed E-state index contributed by atoms with van der Waals surface area (Å²) in [5, 5.41) is 8.63. The number of carbonyl (C=O) groups excluding carboxylic acids is 1. The molecular formula is C11H9F2NO. The van der Waals surface area contributed by atoms with Crippen LogP contribution in [-0.2, 0) is 0 Å². The SMILES string of the molecule is CC(=O)c1cc(C#N)cc(C(F)F)c1C. The number of carbonyl (C=O) groups is 1. The first kappa shape index (κ1) is 11.3. The molecule has 0 aliphatic heterocycles. The quantitative estimate of drug-likeness (QED) is 0.702. The van der Waals surface area contributed by atoms with Gasteiger partial charge in [-0.2, -0.15) is 5.26 Å². The van der Waals surface area contributed by atoms with Crippen LogP contribution in [0.2, 0.25) is 0 Å². The summed E-state index contributed by atoms with van der Waals surface area (Å²) in [6.45, 7) is 2.75. The third-order valence-corrected chi connectivity index (χ3v) is 2.19. The number of halogens is 2. The van der Waals surface area contributed by atoms with Crippen molar-refractivity contribution in [3.05, 3.63) is 34.4 Å². The van der Waals surface area contributed by atoms with Crippen molar-refractivity contribution in [3.8, 4) is 6.07 Å². The molecule has 0 aliphatic carbocycles. The summed E-state index contributed by atoms with van der Waals surface area (Å²) in [7, 11) is 0. The maximum atomic E-state index is 12.6. The summed E-state index contributed by atoms with van der Waals surface area (Å²) < 4.78 is 25.1. The van der Waals surface area contributed by atoms with Crippen LogP contribution in [0.25, 0.3) is 0 Å². The second kappa shape index (κ2) is 4.18. The molecule has 4 heteroatoms. The Morgan fingerprint density at radius 3 is 2.47 bits per heavy atom. The summed E-state index contributed by atoms with van der Waals surface area (Å²) in [4.78, 5) is 11.2. The van der Waals surface area contributed by atoms with Gasteiger partial charge in [0.2, 0.25) is 0 Å². The number of nitrogens with zero attached hydrogens (tertiary/aromatic N) is 1. The van der Waals surface area contributed by atoms with Gasteiger partial charge in [-0.15, -0.1) is 0 Å². The Labute approximate surface area is 86.1 Å². The number of rotatable bonds is 2. The molecule has 1 rings (SSSR count). The highest BCUT2D eigenvalue weighted by atomic mass is 19.3. The van der Waals surface area contributed by atoms with Crippen LogP contribution in [0.4, 0.5) is 8.78 Å². The highest BCUT2D eigenvalue weighted by Crippen LogP contribution is 2.26. The van der Waals surface area contributed by atoms with E-state index in [1.807, 2.05) is 0 Å². The van der Waals surface area contributed by atoms with E-state index < -0.39 is 6.43 Å². The molecule has 15 heavy (non-hydrogen) atoms. The first-order valence-electron chi connectivity index (χ1n) is 4.31. The maximum absolute atomic E-state index is 12.6. The summed E-state index contributed by atoms with van der Waals surface area (Å²) in [6.07, 6.45) is -2.67. The first-order chi connectivity index (χ1) is 6.97. The maximum Gasteiger partial charge on any atom is 0.264 e. The molecule has 0 heterocycles. The fourth-order valence-electron chi connectivity index (χ4n) is 1.39. The van der Waals surface area contributed by atoms with Crippen LogP contribution in [0.3, 0.4) is 0 Å². The standard InChI is InChI=1S/C11H9F2NO/c1-6-9(7(2)15)3-8(5-14)4-10(6)11(12)13/h3-4,11H,1-2H3. The predicted octanol–water partition coefficient (Wildman–Crippen LogP) is 3.01. The van der Waals surface area contributed by atoms with Gasteiger partial charge >= 0.3 is 0 Å². The van der Waals surface area contributed by atoms with Crippen molar-refractivity contribution < 1.29 is 13.6 Å². The summed E-state index contributed by atoms with van der Waals surface area (Å²) in [5.74, 6) is -0.313. The number of Topliss-reactive ketones (excluding diaryl/α,β-unsaturated/α-hetero) is 1. The fourth-order valence-corrected chi connectivity index (χ4v) is 1.39. The predicted molar refractivity (Wildman–Crippen MR) is 50.9 cm³/mol. The lowest BCUT2D eigenvalue weighted by molar-refractivity contribution is 0.101. The highest BCUT2D eigenvalue weighted by Gasteiger charge is 2.16. The smallest absolute Gasteiger partial charge is 0.264 e. The zero-order valence-corrected chi connectivity index (χ0v) is 8.34. The minimum atomic E-state index is -2.67. The number of alkyl halides is 2. The van der Waals surface area contributed by atoms with E-state index in [4.69, 9.17) is 5.26 Å². The van der Waals surface area contributed by atoms with E-state index in [1.165, 1.54) is 19.9 Å². The van der Waals surface area contributed by atoms with Crippen LogP contribution in [0.15, 0.2) is 12.1 Å². The van der Waals surface area contributed by atoms with Crippen molar-refractivity contribution in [3.63, 3.8) is 0 Å². The van der Waals surface area contributed by atoms with Gasteiger partial charge in [-0.25, -0.2) is 8.78 Å². The van der Waals surface area contributed by atoms with E-state index in [0.717, 1.165) is 6.07 Å². The molecule has 0 N–H and O–H groups in total. The molecule has 0 saturated carbocycles. The van der Waals surface area contributed by atoms with Crippen molar-refractivity contribution in [1.29, 1.82) is 5.26 Å². The zero-order chi connectivity index (χ0) is 11.6. The molecule has 0 atom stereocenters. The molecule has 78 valence electrons. The minimum absolute atomic E-state index is 0.0844. The van der Waals surface area contributed by atoms with Gasteiger partial charge in [0.15, 0.2) is 5.78 Å². The highest BCUT2D eigenvalue weighted by molar-refractivity contribution is 5.96. The van der Waals surface area contributed by atoms with Gasteiger partial charge in [-0.05, 0) is 31.5 Å². The van der Waals surface area contributed by atoms with Gasteiger partial charge in [-0.1, -0.05) is 0 Å². The zero-order valence-electron chi connectivity index (χ0n) is 8.34. The van der Waals surface area contributed by atoms with Crippen LogP contribution in [0.1, 0.15) is 40.4 Å². The van der Waals surface area contributed by atoms with Crippen LogP contribution in [0, 0.1) is 18.3 Å². The monoisotopic (exact) mass is 209 g/mol. The summed E-state index contributed by atoms with van der Waals surface area (Å²) in [5.41, 5.74) is 0.265. The van der Waals surface area contributed by atoms with E-state index in [1.54, 1.807) is 6.07 Å². The average Bonchev–Trinajstić information content (AvgIpc) is 2.17. The molecule has 0 unspecified atom stereocenters. The van der Waals surface area contributed by atoms with E-state index in [-0.39, 0.29) is 28.0 Å². The Balaban J connectivity index is 3.49. The van der Waals surface area contributed by atoms with Gasteiger partial charge < -0.3 is 0 Å². The third-order valence-electron chi connectivity index (χ3n) is 2.19. The van der Waals surface area contributed by atoms with Crippen molar-refractivity contribution in [2.24, 2.45) is 0 Å². The van der Waals surface area contributed by atoms with Gasteiger partial charge in [0.05, 0.1) is 11.6 Å². The number of ketones is 1. The lowest BCUT2D eigenvalue weighted by Crippen LogP contribution is -2.02. The van der Waals surface area contributed by atoms with E-state index in [0.29, 0.717) is 0 Å². The Kier molecular flexibility index (Phi) is 3.15. The molecule has 0 bridgehead atoms. The molecule has 0 saturated heterocycles. The van der Waals surface area contributed by atoms with Gasteiger partial charge in [0.1, 0.15) is 0 Å². The lowest BCUT2D eigenvalue weighted by Gasteiger charge is -2.09. The second-order valence-electron chi connectivity index (χ2n) is 3.21. The Morgan fingerprint density at radius 1 is 1.47 bits per heavy atom. The fraction of sp³-hybridized carbons (Fsp3) is 0.273. The molecule has 0 radical (unpaired) electrons. The van der Waals surface area contributed by atoms with Crippen LogP contribution in [-0.4, -0.2) is 5.78 Å². The first-order valence-corrected chi connectivity index (χ1v) is 4.31. The van der Waals surface area contributed by atoms with Crippen molar-refractivity contribution in [2.45, 2.75) is 20.3 Å². The van der Waals surface area contributed by atoms with E-state index in [9.17, 15) is 13.6 Å². The molecule has 1 aromatic rings. The van der Waals surface area contributed by atoms with Crippen molar-refractivity contribution in [1.82, 2.24) is 0 Å². The van der Waals surface area contributed by atoms with Crippen molar-refractivity contribution >= 4 is 5.78 Å². The van der Waals surface area contributed by atoms with Gasteiger partial charge in [0, 0.05) is 11.1 Å². The minimum Gasteiger partial charge on any atom is -0.295 e. The van der Waals surface area contributed by atoms with Crippen LogP contribution >= 0.6 is 0 Å². The van der Waals surface area contributed by atoms with E-state index >= 15 is 0 Å². The third kappa shape index (κ3) is 2.18. The Morgan fingerprint density at radius 2 is 2.07 bits per heavy atom.